The molecule has 0 saturated heterocycles. The maximum atomic E-state index is 9.90. The Hall–Kier alpha value is -0.643. The molecule has 1 aromatic rings. The molecule has 102 valence electrons. The Morgan fingerprint density at radius 3 is 2.17 bits per heavy atom. The van der Waals surface area contributed by atoms with Crippen molar-refractivity contribution in [3.8, 4) is 0 Å². The third-order valence-corrected chi connectivity index (χ3v) is 5.48. The van der Waals surface area contributed by atoms with Crippen molar-refractivity contribution in [1.82, 2.24) is 5.32 Å². The molecule has 18 heavy (non-hydrogen) atoms. The molecule has 3 heteroatoms. The summed E-state index contributed by atoms with van der Waals surface area (Å²) >= 11 is 0. The fourth-order valence-electron chi connectivity index (χ4n) is 1.72. The smallest absolute Gasteiger partial charge is 0.0775 e. The van der Waals surface area contributed by atoms with Crippen LogP contribution in [0.4, 0.5) is 0 Å². The predicted octanol–water partition coefficient (Wildman–Crippen LogP) is 2.48. The molecule has 0 aliphatic heterocycles. The largest absolute Gasteiger partial charge is 0.389 e. The Kier molecular flexibility index (Phi) is 5.14. The maximum absolute atomic E-state index is 9.90. The van der Waals surface area contributed by atoms with Crippen LogP contribution in [-0.2, 0) is 6.54 Å². The number of nitrogens with one attached hydrogen (secondary N) is 1. The van der Waals surface area contributed by atoms with E-state index >= 15 is 0 Å². The highest BCUT2D eigenvalue weighted by molar-refractivity contribution is 6.88. The summed E-state index contributed by atoms with van der Waals surface area (Å²) in [4.78, 5) is 0. The Morgan fingerprint density at radius 2 is 1.72 bits per heavy atom. The van der Waals surface area contributed by atoms with E-state index in [1.807, 2.05) is 13.8 Å². The van der Waals surface area contributed by atoms with E-state index < -0.39 is 13.7 Å². The van der Waals surface area contributed by atoms with Gasteiger partial charge in [0.05, 0.1) is 13.7 Å². The Morgan fingerprint density at radius 1 is 1.17 bits per heavy atom. The molecule has 0 aliphatic rings. The molecule has 2 N–H and O–H groups in total. The highest BCUT2D eigenvalue weighted by Gasteiger charge is 2.17. The van der Waals surface area contributed by atoms with Gasteiger partial charge in [-0.3, -0.25) is 0 Å². The van der Waals surface area contributed by atoms with Crippen LogP contribution in [0.1, 0.15) is 25.8 Å². The molecule has 0 heterocycles. The molecule has 0 spiro atoms. The number of hydrogen-bond donors (Lipinski definition) is 2. The molecule has 0 fully saturated rings. The van der Waals surface area contributed by atoms with Crippen LogP contribution >= 0.6 is 0 Å². The summed E-state index contributed by atoms with van der Waals surface area (Å²) in [6.45, 7) is 12.4. The average Bonchev–Trinajstić information content (AvgIpc) is 2.28. The highest BCUT2D eigenvalue weighted by Crippen LogP contribution is 2.07. The van der Waals surface area contributed by atoms with Crippen molar-refractivity contribution >= 4 is 13.3 Å². The summed E-state index contributed by atoms with van der Waals surface area (Å²) in [5.41, 5.74) is 0.682. The van der Waals surface area contributed by atoms with Crippen LogP contribution in [-0.4, -0.2) is 25.3 Å². The van der Waals surface area contributed by atoms with E-state index in [0.717, 1.165) is 13.0 Å². The van der Waals surface area contributed by atoms with Crippen LogP contribution in [0.25, 0.3) is 0 Å². The van der Waals surface area contributed by atoms with Gasteiger partial charge < -0.3 is 10.4 Å². The van der Waals surface area contributed by atoms with Gasteiger partial charge in [-0.2, -0.15) is 0 Å². The fraction of sp³-hybridized carbons (Fsp3) is 0.600. The zero-order valence-corrected chi connectivity index (χ0v) is 13.4. The number of rotatable bonds is 6. The van der Waals surface area contributed by atoms with Gasteiger partial charge in [0, 0.05) is 13.1 Å². The molecular formula is C15H27NOSi. The minimum atomic E-state index is -1.18. The standard InChI is InChI=1S/C15H27NOSi/c1-6-15(2,17)12-16-11-13-7-9-14(10-8-13)18(3,4)5/h7-10,16-17H,6,11-12H2,1-5H3. The lowest BCUT2D eigenvalue weighted by molar-refractivity contribution is 0.0555. The van der Waals surface area contributed by atoms with E-state index in [9.17, 15) is 5.11 Å². The lowest BCUT2D eigenvalue weighted by Gasteiger charge is -2.22. The zero-order chi connectivity index (χ0) is 13.8. The summed E-state index contributed by atoms with van der Waals surface area (Å²) < 4.78 is 0. The van der Waals surface area contributed by atoms with Crippen LogP contribution in [0, 0.1) is 0 Å². The van der Waals surface area contributed by atoms with Gasteiger partial charge in [0.1, 0.15) is 0 Å². The van der Waals surface area contributed by atoms with Crippen LogP contribution < -0.4 is 10.5 Å². The van der Waals surface area contributed by atoms with Crippen LogP contribution in [0.2, 0.25) is 19.6 Å². The Labute approximate surface area is 112 Å². The molecule has 2 nitrogen and oxygen atoms in total. The fourth-order valence-corrected chi connectivity index (χ4v) is 2.89. The van der Waals surface area contributed by atoms with Crippen LogP contribution in [0.5, 0.6) is 0 Å². The zero-order valence-electron chi connectivity index (χ0n) is 12.4. The molecule has 0 saturated carbocycles. The Bertz CT molecular complexity index is 365. The van der Waals surface area contributed by atoms with E-state index in [2.05, 4.69) is 49.2 Å². The molecule has 1 unspecified atom stereocenters. The first-order valence-electron chi connectivity index (χ1n) is 6.77. The second-order valence-electron chi connectivity index (χ2n) is 6.40. The molecule has 0 aliphatic carbocycles. The Balaban J connectivity index is 2.50. The van der Waals surface area contributed by atoms with Crippen molar-refractivity contribution in [3.05, 3.63) is 29.8 Å². The molecule has 0 bridgehead atoms. The van der Waals surface area contributed by atoms with Crippen molar-refractivity contribution < 1.29 is 5.11 Å². The second-order valence-corrected chi connectivity index (χ2v) is 11.5. The number of aliphatic hydroxyl groups is 1. The van der Waals surface area contributed by atoms with Gasteiger partial charge in [-0.1, -0.05) is 56.0 Å². The topological polar surface area (TPSA) is 32.3 Å². The third-order valence-electron chi connectivity index (χ3n) is 3.42. The summed E-state index contributed by atoms with van der Waals surface area (Å²) in [6.07, 6.45) is 0.772. The molecule has 1 aromatic carbocycles. The summed E-state index contributed by atoms with van der Waals surface area (Å²) in [6, 6.07) is 8.89. The lowest BCUT2D eigenvalue weighted by atomic mass is 10.0. The minimum Gasteiger partial charge on any atom is -0.389 e. The maximum Gasteiger partial charge on any atom is 0.0775 e. The molecule has 0 amide bonds. The first-order chi connectivity index (χ1) is 8.24. The van der Waals surface area contributed by atoms with E-state index in [4.69, 9.17) is 0 Å². The first kappa shape index (κ1) is 15.4. The van der Waals surface area contributed by atoms with Crippen molar-refractivity contribution in [2.75, 3.05) is 6.54 Å². The van der Waals surface area contributed by atoms with Crippen LogP contribution in [0.15, 0.2) is 24.3 Å². The summed E-state index contributed by atoms with van der Waals surface area (Å²) in [5, 5.41) is 14.7. The summed E-state index contributed by atoms with van der Waals surface area (Å²) in [7, 11) is -1.18. The van der Waals surface area contributed by atoms with Gasteiger partial charge in [-0.05, 0) is 18.9 Å². The third kappa shape index (κ3) is 4.92. The number of benzene rings is 1. The summed E-state index contributed by atoms with van der Waals surface area (Å²) in [5.74, 6) is 0. The normalized spacial score (nSPS) is 15.4. The van der Waals surface area contributed by atoms with E-state index in [1.165, 1.54) is 10.8 Å². The van der Waals surface area contributed by atoms with E-state index in [1.54, 1.807) is 0 Å². The van der Waals surface area contributed by atoms with E-state index in [-0.39, 0.29) is 0 Å². The lowest BCUT2D eigenvalue weighted by Crippen LogP contribution is -2.38. The van der Waals surface area contributed by atoms with Crippen molar-refractivity contribution in [2.24, 2.45) is 0 Å². The molecule has 1 atom stereocenters. The van der Waals surface area contributed by atoms with Crippen molar-refractivity contribution in [2.45, 2.75) is 52.1 Å². The van der Waals surface area contributed by atoms with Gasteiger partial charge in [0.25, 0.3) is 0 Å². The van der Waals surface area contributed by atoms with Gasteiger partial charge in [0.2, 0.25) is 0 Å². The molecular weight excluding hydrogens is 238 g/mol. The number of hydrogen-bond acceptors (Lipinski definition) is 2. The van der Waals surface area contributed by atoms with E-state index in [0.29, 0.717) is 6.54 Å². The second kappa shape index (κ2) is 6.00. The van der Waals surface area contributed by atoms with Gasteiger partial charge in [-0.15, -0.1) is 0 Å². The van der Waals surface area contributed by atoms with Crippen LogP contribution in [0.3, 0.4) is 0 Å². The molecule has 0 aromatic heterocycles. The van der Waals surface area contributed by atoms with Crippen molar-refractivity contribution in [3.63, 3.8) is 0 Å². The first-order valence-corrected chi connectivity index (χ1v) is 10.3. The average molecular weight is 265 g/mol. The minimum absolute atomic E-state index is 0.599. The highest BCUT2D eigenvalue weighted by atomic mass is 28.3. The van der Waals surface area contributed by atoms with Gasteiger partial charge in [-0.25, -0.2) is 0 Å². The predicted molar refractivity (Wildman–Crippen MR) is 82.0 cm³/mol. The van der Waals surface area contributed by atoms with Crippen molar-refractivity contribution in [1.29, 1.82) is 0 Å². The SMILES string of the molecule is CCC(C)(O)CNCc1ccc([Si](C)(C)C)cc1. The molecule has 1 rings (SSSR count). The molecule has 0 radical (unpaired) electrons. The quantitative estimate of drug-likeness (QED) is 0.775. The monoisotopic (exact) mass is 265 g/mol. The van der Waals surface area contributed by atoms with Gasteiger partial charge >= 0.3 is 0 Å². The van der Waals surface area contributed by atoms with Gasteiger partial charge in [0.15, 0.2) is 0 Å².